The summed E-state index contributed by atoms with van der Waals surface area (Å²) in [6.07, 6.45) is 2.03. The Hall–Kier alpha value is -3.14. The van der Waals surface area contributed by atoms with E-state index in [1.54, 1.807) is 7.11 Å². The number of aryl methyl sites for hydroxylation is 2. The van der Waals surface area contributed by atoms with Gasteiger partial charge in [0.2, 0.25) is 0 Å². The van der Waals surface area contributed by atoms with Crippen molar-refractivity contribution in [1.82, 2.24) is 0 Å². The van der Waals surface area contributed by atoms with Crippen LogP contribution in [0.2, 0.25) is 0 Å². The number of benzene rings is 2. The number of ketones is 2. The minimum absolute atomic E-state index is 0.00717. The molecule has 1 aliphatic heterocycles. The van der Waals surface area contributed by atoms with Gasteiger partial charge in [-0.1, -0.05) is 33.8 Å². The highest BCUT2D eigenvalue weighted by Gasteiger charge is 2.48. The predicted octanol–water partition coefficient (Wildman–Crippen LogP) is 7.33. The first-order valence-electron chi connectivity index (χ1n) is 14.3. The van der Waals surface area contributed by atoms with Crippen LogP contribution in [-0.2, 0) is 19.1 Å². The van der Waals surface area contributed by atoms with Gasteiger partial charge in [-0.2, -0.15) is 0 Å². The van der Waals surface area contributed by atoms with Crippen LogP contribution in [0.3, 0.4) is 0 Å². The van der Waals surface area contributed by atoms with Crippen molar-refractivity contribution < 1.29 is 28.6 Å². The number of hydrogen-bond donors (Lipinski definition) is 1. The minimum atomic E-state index is -0.541. The van der Waals surface area contributed by atoms with Crippen molar-refractivity contribution >= 4 is 45.8 Å². The Morgan fingerprint density at radius 2 is 1.52 bits per heavy atom. The molecule has 2 aromatic carbocycles. The lowest BCUT2D eigenvalue weighted by atomic mass is 9.65. The van der Waals surface area contributed by atoms with E-state index >= 15 is 0 Å². The maximum absolute atomic E-state index is 13.6. The summed E-state index contributed by atoms with van der Waals surface area (Å²) in [7, 11) is 1.54. The van der Waals surface area contributed by atoms with Crippen molar-refractivity contribution in [3.8, 4) is 11.5 Å². The number of rotatable bonds is 6. The van der Waals surface area contributed by atoms with Crippen molar-refractivity contribution in [2.45, 2.75) is 73.1 Å². The lowest BCUT2D eigenvalue weighted by Gasteiger charge is -2.42. The molecule has 0 saturated carbocycles. The molecule has 0 fully saturated rings. The first-order chi connectivity index (χ1) is 19.7. The molecule has 0 unspecified atom stereocenters. The average molecular weight is 684 g/mol. The number of carbonyl (C=O) groups excluding carboxylic acids is 3. The van der Waals surface area contributed by atoms with E-state index in [1.807, 2.05) is 44.2 Å². The van der Waals surface area contributed by atoms with Crippen LogP contribution in [0, 0.1) is 28.2 Å². The Bertz CT molecular complexity index is 1510. The van der Waals surface area contributed by atoms with E-state index in [-0.39, 0.29) is 34.9 Å². The van der Waals surface area contributed by atoms with Gasteiger partial charge in [-0.05, 0) is 88.2 Å². The molecule has 8 heteroatoms. The second kappa shape index (κ2) is 11.2. The molecule has 0 saturated heterocycles. The van der Waals surface area contributed by atoms with Gasteiger partial charge in [0.15, 0.2) is 29.7 Å². The van der Waals surface area contributed by atoms with Gasteiger partial charge in [0.25, 0.3) is 5.91 Å². The number of methoxy groups -OCH3 is 1. The fourth-order valence-corrected chi connectivity index (χ4v) is 6.99. The molecular weight excluding hydrogens is 645 g/mol. The highest BCUT2D eigenvalue weighted by molar-refractivity contribution is 14.1. The molecule has 0 spiro atoms. The monoisotopic (exact) mass is 683 g/mol. The maximum Gasteiger partial charge on any atom is 0.262 e. The van der Waals surface area contributed by atoms with E-state index in [9.17, 15) is 14.4 Å². The number of carbonyl (C=O) groups is 3. The van der Waals surface area contributed by atoms with Gasteiger partial charge in [-0.3, -0.25) is 14.4 Å². The van der Waals surface area contributed by atoms with Crippen molar-refractivity contribution in [3.05, 3.63) is 73.3 Å². The molecule has 222 valence electrons. The molecule has 1 amide bonds. The van der Waals surface area contributed by atoms with E-state index in [2.05, 4.69) is 55.6 Å². The van der Waals surface area contributed by atoms with Crippen LogP contribution in [0.5, 0.6) is 11.5 Å². The van der Waals surface area contributed by atoms with Crippen LogP contribution in [0.15, 0.2) is 53.0 Å². The maximum atomic E-state index is 13.6. The lowest BCUT2D eigenvalue weighted by molar-refractivity contribution is -0.120. The average Bonchev–Trinajstić information content (AvgIpc) is 2.87. The molecule has 1 heterocycles. The topological polar surface area (TPSA) is 90.9 Å². The summed E-state index contributed by atoms with van der Waals surface area (Å²) in [5.41, 5.74) is 4.40. The molecule has 0 radical (unpaired) electrons. The lowest BCUT2D eigenvalue weighted by Crippen LogP contribution is -2.37. The number of allylic oxidation sites excluding steroid dienone is 4. The molecule has 1 N–H and O–H groups in total. The molecule has 7 nitrogen and oxygen atoms in total. The zero-order valence-electron chi connectivity index (χ0n) is 25.3. The van der Waals surface area contributed by atoms with Crippen LogP contribution in [0.25, 0.3) is 0 Å². The summed E-state index contributed by atoms with van der Waals surface area (Å²) in [6.45, 7) is 12.1. The smallest absolute Gasteiger partial charge is 0.262 e. The molecular formula is C34H38INO6. The summed E-state index contributed by atoms with van der Waals surface area (Å²) in [6, 6.07) is 9.49. The second-order valence-corrected chi connectivity index (χ2v) is 14.4. The molecule has 2 aromatic rings. The standard InChI is InChI=1S/C34H38INO6/c1-18-8-9-21(10-19(18)2)36-28(39)17-41-32-22(35)11-20(12-25(32)40-7)29-30-23(37)13-33(3,4)15-26(30)42-27-16-34(5,6)14-24(38)31(27)29/h8-12,29H,13-17H2,1-7H3,(H,36,39). The van der Waals surface area contributed by atoms with Crippen LogP contribution < -0.4 is 14.8 Å². The highest BCUT2D eigenvalue weighted by atomic mass is 127. The minimum Gasteiger partial charge on any atom is -0.493 e. The third-order valence-electron chi connectivity index (χ3n) is 8.31. The number of anilines is 1. The van der Waals surface area contributed by atoms with E-state index < -0.39 is 5.92 Å². The number of nitrogens with one attached hydrogen (secondary N) is 1. The van der Waals surface area contributed by atoms with E-state index in [0.717, 1.165) is 16.7 Å². The van der Waals surface area contributed by atoms with Crippen molar-refractivity contribution in [2.75, 3.05) is 19.0 Å². The summed E-state index contributed by atoms with van der Waals surface area (Å²) in [5, 5.41) is 2.88. The third-order valence-corrected chi connectivity index (χ3v) is 9.11. The van der Waals surface area contributed by atoms with Crippen molar-refractivity contribution in [3.63, 3.8) is 0 Å². The molecule has 0 bridgehead atoms. The van der Waals surface area contributed by atoms with Gasteiger partial charge in [0.05, 0.1) is 10.7 Å². The van der Waals surface area contributed by atoms with Crippen LogP contribution >= 0.6 is 22.6 Å². The first-order valence-corrected chi connectivity index (χ1v) is 15.3. The number of amides is 1. The van der Waals surface area contributed by atoms with Gasteiger partial charge < -0.3 is 19.5 Å². The summed E-state index contributed by atoms with van der Waals surface area (Å²) < 4.78 is 18.8. The molecule has 5 rings (SSSR count). The second-order valence-electron chi connectivity index (χ2n) is 13.3. The van der Waals surface area contributed by atoms with E-state index in [4.69, 9.17) is 14.2 Å². The first kappa shape index (κ1) is 30.3. The SMILES string of the molecule is COc1cc(C2C3=C(CC(C)(C)CC3=O)OC3=C2C(=O)CC(C)(C)C3)cc(I)c1OCC(=O)Nc1ccc(C)c(C)c1. The summed E-state index contributed by atoms with van der Waals surface area (Å²) in [4.78, 5) is 40.0. The molecule has 0 aromatic heterocycles. The molecule has 2 aliphatic carbocycles. The Labute approximate surface area is 261 Å². The largest absolute Gasteiger partial charge is 0.493 e. The zero-order valence-corrected chi connectivity index (χ0v) is 27.5. The highest BCUT2D eigenvalue weighted by Crippen LogP contribution is 2.54. The van der Waals surface area contributed by atoms with Gasteiger partial charge in [-0.15, -0.1) is 0 Å². The van der Waals surface area contributed by atoms with Gasteiger partial charge >= 0.3 is 0 Å². The normalized spacial score (nSPS) is 19.6. The fraction of sp³-hybridized carbons (Fsp3) is 0.441. The fourth-order valence-electron chi connectivity index (χ4n) is 6.21. The molecule has 42 heavy (non-hydrogen) atoms. The van der Waals surface area contributed by atoms with Gasteiger partial charge in [0.1, 0.15) is 11.5 Å². The third kappa shape index (κ3) is 6.00. The zero-order chi connectivity index (χ0) is 30.6. The van der Waals surface area contributed by atoms with E-state index in [0.29, 0.717) is 69.1 Å². The van der Waals surface area contributed by atoms with Crippen LogP contribution in [0.4, 0.5) is 5.69 Å². The Kier molecular flexibility index (Phi) is 8.06. The van der Waals surface area contributed by atoms with Gasteiger partial charge in [-0.25, -0.2) is 0 Å². The molecule has 0 atom stereocenters. The number of hydrogen-bond acceptors (Lipinski definition) is 6. The number of Topliss-reactive ketones (excluding diaryl/α,β-unsaturated/α-hetero) is 2. The van der Waals surface area contributed by atoms with E-state index in [1.165, 1.54) is 0 Å². The predicted molar refractivity (Wildman–Crippen MR) is 170 cm³/mol. The van der Waals surface area contributed by atoms with Gasteiger partial charge in [0, 0.05) is 48.4 Å². The molecule has 3 aliphatic rings. The quantitative estimate of drug-likeness (QED) is 0.321. The Morgan fingerprint density at radius 3 is 2.07 bits per heavy atom. The van der Waals surface area contributed by atoms with Crippen LogP contribution in [0.1, 0.15) is 76.0 Å². The summed E-state index contributed by atoms with van der Waals surface area (Å²) in [5.74, 6) is 1.38. The van der Waals surface area contributed by atoms with Crippen molar-refractivity contribution in [2.24, 2.45) is 10.8 Å². The Balaban J connectivity index is 1.49. The van der Waals surface area contributed by atoms with Crippen LogP contribution in [-0.4, -0.2) is 31.2 Å². The van der Waals surface area contributed by atoms with Crippen molar-refractivity contribution in [1.29, 1.82) is 0 Å². The number of halogens is 1. The Morgan fingerprint density at radius 1 is 0.929 bits per heavy atom. The number of ether oxygens (including phenoxy) is 3. The summed E-state index contributed by atoms with van der Waals surface area (Å²) >= 11 is 2.16.